The highest BCUT2D eigenvalue weighted by Crippen LogP contribution is 2.28. The molecule has 0 fully saturated rings. The van der Waals surface area contributed by atoms with E-state index in [0.717, 1.165) is 17.5 Å². The van der Waals surface area contributed by atoms with E-state index >= 15 is 0 Å². The van der Waals surface area contributed by atoms with Crippen molar-refractivity contribution in [3.63, 3.8) is 0 Å². The molecule has 1 heterocycles. The maximum Gasteiger partial charge on any atom is 0.331 e. The van der Waals surface area contributed by atoms with Crippen LogP contribution in [0.15, 0.2) is 53.1 Å². The molecule has 0 unspecified atom stereocenters. The van der Waals surface area contributed by atoms with Gasteiger partial charge in [0.1, 0.15) is 0 Å². The zero-order chi connectivity index (χ0) is 20.6. The van der Waals surface area contributed by atoms with Crippen molar-refractivity contribution in [1.82, 2.24) is 10.1 Å². The quantitative estimate of drug-likeness (QED) is 0.420. The summed E-state index contributed by atoms with van der Waals surface area (Å²) < 4.78 is 20.7. The zero-order valence-corrected chi connectivity index (χ0v) is 16.5. The van der Waals surface area contributed by atoms with Crippen LogP contribution in [0.1, 0.15) is 23.9 Å². The summed E-state index contributed by atoms with van der Waals surface area (Å²) in [5.74, 6) is 1.36. The molecular weight excluding hydrogens is 372 g/mol. The minimum Gasteiger partial charge on any atom is -0.493 e. The largest absolute Gasteiger partial charge is 0.493 e. The highest BCUT2D eigenvalue weighted by atomic mass is 16.6. The van der Waals surface area contributed by atoms with E-state index in [1.165, 1.54) is 11.6 Å². The number of benzene rings is 2. The van der Waals surface area contributed by atoms with Crippen LogP contribution in [0.2, 0.25) is 0 Å². The Morgan fingerprint density at radius 2 is 1.83 bits per heavy atom. The van der Waals surface area contributed by atoms with Crippen molar-refractivity contribution in [3.8, 4) is 22.9 Å². The molecular formula is C22H22N2O5. The lowest BCUT2D eigenvalue weighted by Gasteiger charge is -2.07. The number of ether oxygens (including phenoxy) is 3. The Morgan fingerprint density at radius 1 is 1.07 bits per heavy atom. The molecule has 0 radical (unpaired) electrons. The molecule has 0 N–H and O–H groups in total. The van der Waals surface area contributed by atoms with Gasteiger partial charge in [-0.2, -0.15) is 4.98 Å². The van der Waals surface area contributed by atoms with E-state index < -0.39 is 5.97 Å². The van der Waals surface area contributed by atoms with Gasteiger partial charge in [-0.25, -0.2) is 4.79 Å². The number of carbonyl (C=O) groups excluding carboxylic acids is 1. The monoisotopic (exact) mass is 394 g/mol. The van der Waals surface area contributed by atoms with Crippen molar-refractivity contribution < 1.29 is 23.5 Å². The van der Waals surface area contributed by atoms with Crippen LogP contribution in [-0.4, -0.2) is 30.3 Å². The van der Waals surface area contributed by atoms with E-state index in [1.807, 2.05) is 24.3 Å². The summed E-state index contributed by atoms with van der Waals surface area (Å²) in [5.41, 5.74) is 2.85. The van der Waals surface area contributed by atoms with Gasteiger partial charge < -0.3 is 18.7 Å². The number of rotatable bonds is 8. The standard InChI is InChI=1S/C22H22N2O5/c1-4-15-5-9-17(10-6-15)22-23-20(29-24-22)14-28-21(25)12-8-16-7-11-18(26-2)19(13-16)27-3/h5-13H,4,14H2,1-3H3/b12-8+. The second-order valence-electron chi connectivity index (χ2n) is 6.12. The van der Waals surface area contributed by atoms with E-state index in [-0.39, 0.29) is 12.5 Å². The van der Waals surface area contributed by atoms with E-state index in [4.69, 9.17) is 18.7 Å². The van der Waals surface area contributed by atoms with Crippen LogP contribution >= 0.6 is 0 Å². The summed E-state index contributed by atoms with van der Waals surface area (Å²) in [6.07, 6.45) is 3.91. The fourth-order valence-corrected chi connectivity index (χ4v) is 2.62. The SMILES string of the molecule is CCc1ccc(-c2noc(COC(=O)/C=C/c3ccc(OC)c(OC)c3)n2)cc1. The molecule has 7 nitrogen and oxygen atoms in total. The molecule has 0 spiro atoms. The van der Waals surface area contributed by atoms with Gasteiger partial charge in [0, 0.05) is 11.6 Å². The predicted octanol–water partition coefficient (Wildman–Crippen LogP) is 4.07. The number of methoxy groups -OCH3 is 2. The molecule has 3 aromatic rings. The van der Waals surface area contributed by atoms with Gasteiger partial charge in [-0.15, -0.1) is 0 Å². The van der Waals surface area contributed by atoms with Gasteiger partial charge in [0.25, 0.3) is 5.89 Å². The summed E-state index contributed by atoms with van der Waals surface area (Å²) in [7, 11) is 3.12. The summed E-state index contributed by atoms with van der Waals surface area (Å²) in [6.45, 7) is 1.99. The van der Waals surface area contributed by atoms with E-state index in [0.29, 0.717) is 17.3 Å². The van der Waals surface area contributed by atoms with Crippen LogP contribution < -0.4 is 9.47 Å². The third kappa shape index (κ3) is 5.22. The molecule has 3 rings (SSSR count). The fraction of sp³-hybridized carbons (Fsp3) is 0.227. The lowest BCUT2D eigenvalue weighted by atomic mass is 10.1. The van der Waals surface area contributed by atoms with Crippen molar-refractivity contribution in [1.29, 1.82) is 0 Å². The Hall–Kier alpha value is -3.61. The number of aryl methyl sites for hydroxylation is 1. The fourth-order valence-electron chi connectivity index (χ4n) is 2.62. The van der Waals surface area contributed by atoms with Gasteiger partial charge >= 0.3 is 5.97 Å². The van der Waals surface area contributed by atoms with Gasteiger partial charge in [-0.05, 0) is 35.8 Å². The first-order chi connectivity index (χ1) is 14.1. The Bertz CT molecular complexity index is 993. The first-order valence-corrected chi connectivity index (χ1v) is 9.11. The molecule has 0 bridgehead atoms. The molecule has 0 atom stereocenters. The minimum absolute atomic E-state index is 0.102. The van der Waals surface area contributed by atoms with E-state index in [9.17, 15) is 4.79 Å². The number of hydrogen-bond acceptors (Lipinski definition) is 7. The zero-order valence-electron chi connectivity index (χ0n) is 16.5. The molecule has 0 amide bonds. The van der Waals surface area contributed by atoms with Crippen LogP contribution in [0.3, 0.4) is 0 Å². The molecule has 0 saturated carbocycles. The minimum atomic E-state index is -0.521. The normalized spacial score (nSPS) is 10.9. The van der Waals surface area contributed by atoms with Crippen molar-refractivity contribution in [2.75, 3.05) is 14.2 Å². The second kappa shape index (κ2) is 9.54. The van der Waals surface area contributed by atoms with Gasteiger partial charge in [0.05, 0.1) is 14.2 Å². The summed E-state index contributed by atoms with van der Waals surface area (Å²) in [4.78, 5) is 16.2. The van der Waals surface area contributed by atoms with Crippen LogP contribution in [-0.2, 0) is 22.6 Å². The average Bonchev–Trinajstić information content (AvgIpc) is 3.25. The van der Waals surface area contributed by atoms with Crippen molar-refractivity contribution in [3.05, 3.63) is 65.6 Å². The Kier molecular flexibility index (Phi) is 6.63. The van der Waals surface area contributed by atoms with E-state index in [1.54, 1.807) is 38.5 Å². The lowest BCUT2D eigenvalue weighted by molar-refractivity contribution is -0.139. The third-order valence-electron chi connectivity index (χ3n) is 4.25. The Labute approximate surface area is 168 Å². The number of hydrogen-bond donors (Lipinski definition) is 0. The third-order valence-corrected chi connectivity index (χ3v) is 4.25. The second-order valence-corrected chi connectivity index (χ2v) is 6.12. The number of nitrogens with zero attached hydrogens (tertiary/aromatic N) is 2. The summed E-state index contributed by atoms with van der Waals surface area (Å²) in [6, 6.07) is 13.2. The van der Waals surface area contributed by atoms with Gasteiger partial charge in [-0.1, -0.05) is 42.4 Å². The molecule has 1 aromatic heterocycles. The summed E-state index contributed by atoms with van der Waals surface area (Å²) in [5, 5.41) is 3.93. The van der Waals surface area contributed by atoms with Crippen LogP contribution in [0.25, 0.3) is 17.5 Å². The highest BCUT2D eigenvalue weighted by Gasteiger charge is 2.10. The number of aromatic nitrogens is 2. The number of carbonyl (C=O) groups is 1. The maximum absolute atomic E-state index is 12.0. The van der Waals surface area contributed by atoms with Crippen molar-refractivity contribution in [2.45, 2.75) is 20.0 Å². The van der Waals surface area contributed by atoms with Gasteiger partial charge in [-0.3, -0.25) is 0 Å². The molecule has 150 valence electrons. The maximum atomic E-state index is 12.0. The molecule has 0 aliphatic rings. The molecule has 0 aliphatic heterocycles. The molecule has 29 heavy (non-hydrogen) atoms. The average molecular weight is 394 g/mol. The smallest absolute Gasteiger partial charge is 0.331 e. The highest BCUT2D eigenvalue weighted by molar-refractivity contribution is 5.87. The van der Waals surface area contributed by atoms with Gasteiger partial charge in [0.2, 0.25) is 5.82 Å². The Morgan fingerprint density at radius 3 is 2.52 bits per heavy atom. The van der Waals surface area contributed by atoms with Crippen LogP contribution in [0.5, 0.6) is 11.5 Å². The van der Waals surface area contributed by atoms with Crippen LogP contribution in [0, 0.1) is 0 Å². The lowest BCUT2D eigenvalue weighted by Crippen LogP contribution is -2.01. The Balaban J connectivity index is 1.57. The predicted molar refractivity (Wildman–Crippen MR) is 107 cm³/mol. The van der Waals surface area contributed by atoms with Crippen molar-refractivity contribution in [2.24, 2.45) is 0 Å². The molecule has 2 aromatic carbocycles. The van der Waals surface area contributed by atoms with Crippen LogP contribution in [0.4, 0.5) is 0 Å². The molecule has 0 aliphatic carbocycles. The molecule has 0 saturated heterocycles. The first-order valence-electron chi connectivity index (χ1n) is 9.11. The van der Waals surface area contributed by atoms with Gasteiger partial charge in [0.15, 0.2) is 18.1 Å². The van der Waals surface area contributed by atoms with Crippen molar-refractivity contribution >= 4 is 12.0 Å². The first kappa shape index (κ1) is 20.1. The topological polar surface area (TPSA) is 83.7 Å². The molecule has 7 heteroatoms. The summed E-state index contributed by atoms with van der Waals surface area (Å²) >= 11 is 0. The van der Waals surface area contributed by atoms with E-state index in [2.05, 4.69) is 17.1 Å². The number of esters is 1.